The summed E-state index contributed by atoms with van der Waals surface area (Å²) in [6.07, 6.45) is 0. The van der Waals surface area contributed by atoms with Crippen LogP contribution in [0.25, 0.3) is 0 Å². The summed E-state index contributed by atoms with van der Waals surface area (Å²) in [6, 6.07) is 11.4. The van der Waals surface area contributed by atoms with Gasteiger partial charge >= 0.3 is 0 Å². The standard InChI is InChI=1S/C13H8BrFN2O2S/c14-12-6-5-11(7-13(12)15)20(18,19)17-10-3-1-9(8-16)2-4-10/h1-7,17H. The third-order valence-corrected chi connectivity index (χ3v) is 4.49. The number of rotatable bonds is 3. The van der Waals surface area contributed by atoms with Crippen LogP contribution in [0.1, 0.15) is 5.56 Å². The van der Waals surface area contributed by atoms with Crippen LogP contribution in [0.4, 0.5) is 10.1 Å². The predicted octanol–water partition coefficient (Wildman–Crippen LogP) is 3.26. The van der Waals surface area contributed by atoms with Crippen LogP contribution in [0, 0.1) is 17.1 Å². The van der Waals surface area contributed by atoms with Gasteiger partial charge in [0.15, 0.2) is 0 Å². The normalized spacial score (nSPS) is 10.8. The molecule has 102 valence electrons. The van der Waals surface area contributed by atoms with E-state index in [4.69, 9.17) is 5.26 Å². The molecule has 2 rings (SSSR count). The Balaban J connectivity index is 2.30. The molecule has 0 radical (unpaired) electrons. The van der Waals surface area contributed by atoms with Crippen molar-refractivity contribution in [1.82, 2.24) is 0 Å². The average Bonchev–Trinajstić information content (AvgIpc) is 2.42. The number of nitrogens with zero attached hydrogens (tertiary/aromatic N) is 1. The maximum Gasteiger partial charge on any atom is 0.261 e. The highest BCUT2D eigenvalue weighted by Gasteiger charge is 2.16. The Morgan fingerprint density at radius 3 is 2.35 bits per heavy atom. The SMILES string of the molecule is N#Cc1ccc(NS(=O)(=O)c2ccc(Br)c(F)c2)cc1. The van der Waals surface area contributed by atoms with Crippen LogP contribution < -0.4 is 4.72 Å². The fourth-order valence-corrected chi connectivity index (χ4v) is 2.79. The monoisotopic (exact) mass is 354 g/mol. The van der Waals surface area contributed by atoms with E-state index in [9.17, 15) is 12.8 Å². The van der Waals surface area contributed by atoms with E-state index in [0.29, 0.717) is 11.3 Å². The molecule has 0 aliphatic carbocycles. The average molecular weight is 355 g/mol. The summed E-state index contributed by atoms with van der Waals surface area (Å²) in [6.45, 7) is 0. The Morgan fingerprint density at radius 2 is 1.80 bits per heavy atom. The quantitative estimate of drug-likeness (QED) is 0.919. The van der Waals surface area contributed by atoms with Crippen LogP contribution >= 0.6 is 15.9 Å². The van der Waals surface area contributed by atoms with Crippen molar-refractivity contribution in [1.29, 1.82) is 5.26 Å². The number of hydrogen-bond donors (Lipinski definition) is 1. The molecule has 0 unspecified atom stereocenters. The van der Waals surface area contributed by atoms with Crippen molar-refractivity contribution in [2.24, 2.45) is 0 Å². The van der Waals surface area contributed by atoms with Gasteiger partial charge in [0, 0.05) is 5.69 Å². The van der Waals surface area contributed by atoms with Gasteiger partial charge in [0.1, 0.15) is 5.82 Å². The van der Waals surface area contributed by atoms with E-state index in [2.05, 4.69) is 20.7 Å². The molecule has 1 N–H and O–H groups in total. The minimum absolute atomic E-state index is 0.178. The first kappa shape index (κ1) is 14.5. The zero-order valence-electron chi connectivity index (χ0n) is 9.97. The molecule has 0 bridgehead atoms. The molecule has 7 heteroatoms. The summed E-state index contributed by atoms with van der Waals surface area (Å²) in [7, 11) is -3.87. The topological polar surface area (TPSA) is 70.0 Å². The Hall–Kier alpha value is -1.91. The summed E-state index contributed by atoms with van der Waals surface area (Å²) in [4.78, 5) is -0.178. The fourth-order valence-electron chi connectivity index (χ4n) is 1.47. The Bertz CT molecular complexity index is 783. The number of sulfonamides is 1. The summed E-state index contributed by atoms with van der Waals surface area (Å²) in [5.74, 6) is -0.660. The Morgan fingerprint density at radius 1 is 1.15 bits per heavy atom. The van der Waals surface area contributed by atoms with Crippen molar-refractivity contribution in [2.75, 3.05) is 4.72 Å². The molecule has 4 nitrogen and oxygen atoms in total. The van der Waals surface area contributed by atoms with E-state index in [-0.39, 0.29) is 9.37 Å². The zero-order valence-corrected chi connectivity index (χ0v) is 12.4. The van der Waals surface area contributed by atoms with Crippen LogP contribution in [0.5, 0.6) is 0 Å². The number of anilines is 1. The first-order valence-corrected chi connectivity index (χ1v) is 7.68. The number of halogens is 2. The highest BCUT2D eigenvalue weighted by molar-refractivity contribution is 9.10. The molecular formula is C13H8BrFN2O2S. The first-order valence-electron chi connectivity index (χ1n) is 5.40. The van der Waals surface area contributed by atoms with Gasteiger partial charge in [0.25, 0.3) is 10.0 Å². The largest absolute Gasteiger partial charge is 0.280 e. The molecule has 0 fully saturated rings. The summed E-state index contributed by atoms with van der Waals surface area (Å²) >= 11 is 2.96. The van der Waals surface area contributed by atoms with E-state index in [0.717, 1.165) is 6.07 Å². The van der Waals surface area contributed by atoms with Crippen LogP contribution in [-0.2, 0) is 10.0 Å². The maximum atomic E-state index is 13.4. The lowest BCUT2D eigenvalue weighted by Crippen LogP contribution is -2.13. The van der Waals surface area contributed by atoms with Crippen LogP contribution in [0.3, 0.4) is 0 Å². The predicted molar refractivity (Wildman–Crippen MR) is 76.1 cm³/mol. The summed E-state index contributed by atoms with van der Waals surface area (Å²) in [5.41, 5.74) is 0.718. The van der Waals surface area contributed by atoms with Gasteiger partial charge in [-0.05, 0) is 58.4 Å². The molecule has 0 spiro atoms. The fraction of sp³-hybridized carbons (Fsp3) is 0. The molecule has 0 amide bonds. The highest BCUT2D eigenvalue weighted by atomic mass is 79.9. The van der Waals surface area contributed by atoms with E-state index in [1.54, 1.807) is 0 Å². The lowest BCUT2D eigenvalue weighted by atomic mass is 10.2. The van der Waals surface area contributed by atoms with Crippen LogP contribution in [-0.4, -0.2) is 8.42 Å². The number of benzene rings is 2. The molecule has 2 aromatic carbocycles. The second-order valence-corrected chi connectivity index (χ2v) is 6.41. The second-order valence-electron chi connectivity index (χ2n) is 3.87. The molecule has 20 heavy (non-hydrogen) atoms. The van der Waals surface area contributed by atoms with Crippen LogP contribution in [0.2, 0.25) is 0 Å². The molecule has 0 saturated carbocycles. The zero-order chi connectivity index (χ0) is 14.8. The minimum atomic E-state index is -3.87. The number of nitrogens with one attached hydrogen (secondary N) is 1. The molecule has 0 aliphatic rings. The van der Waals surface area contributed by atoms with E-state index in [1.807, 2.05) is 6.07 Å². The van der Waals surface area contributed by atoms with Gasteiger partial charge in [-0.25, -0.2) is 12.8 Å². The molecule has 0 aliphatic heterocycles. The van der Waals surface area contributed by atoms with Gasteiger partial charge in [0.2, 0.25) is 0 Å². The maximum absolute atomic E-state index is 13.4. The van der Waals surface area contributed by atoms with Gasteiger partial charge in [-0.2, -0.15) is 5.26 Å². The van der Waals surface area contributed by atoms with Gasteiger partial charge in [-0.1, -0.05) is 0 Å². The number of hydrogen-bond acceptors (Lipinski definition) is 3. The second kappa shape index (κ2) is 5.61. The molecule has 0 aromatic heterocycles. The lowest BCUT2D eigenvalue weighted by Gasteiger charge is -2.08. The summed E-state index contributed by atoms with van der Waals surface area (Å²) < 4.78 is 40.0. The van der Waals surface area contributed by atoms with Gasteiger partial charge in [0.05, 0.1) is 21.0 Å². The highest BCUT2D eigenvalue weighted by Crippen LogP contribution is 2.21. The summed E-state index contributed by atoms with van der Waals surface area (Å²) in [5, 5.41) is 8.66. The van der Waals surface area contributed by atoms with Gasteiger partial charge in [-0.3, -0.25) is 4.72 Å². The van der Waals surface area contributed by atoms with Crippen LogP contribution in [0.15, 0.2) is 51.8 Å². The lowest BCUT2D eigenvalue weighted by molar-refractivity contribution is 0.593. The van der Waals surface area contributed by atoms with Crippen molar-refractivity contribution < 1.29 is 12.8 Å². The smallest absolute Gasteiger partial charge is 0.261 e. The third-order valence-electron chi connectivity index (χ3n) is 2.47. The van der Waals surface area contributed by atoms with E-state index >= 15 is 0 Å². The molecule has 0 heterocycles. The third kappa shape index (κ3) is 3.15. The van der Waals surface area contributed by atoms with E-state index in [1.165, 1.54) is 36.4 Å². The first-order chi connectivity index (χ1) is 9.42. The number of nitriles is 1. The molecule has 0 saturated heterocycles. The molecule has 2 aromatic rings. The molecular weight excluding hydrogens is 347 g/mol. The Labute approximate surface area is 124 Å². The van der Waals surface area contributed by atoms with Crippen molar-refractivity contribution >= 4 is 31.6 Å². The minimum Gasteiger partial charge on any atom is -0.280 e. The Kier molecular flexibility index (Phi) is 4.06. The molecule has 0 atom stereocenters. The van der Waals surface area contributed by atoms with Gasteiger partial charge < -0.3 is 0 Å². The van der Waals surface area contributed by atoms with E-state index < -0.39 is 15.8 Å². The van der Waals surface area contributed by atoms with Crippen molar-refractivity contribution in [3.05, 3.63) is 58.3 Å². The van der Waals surface area contributed by atoms with Crippen molar-refractivity contribution in [3.8, 4) is 6.07 Å². The van der Waals surface area contributed by atoms with Crippen molar-refractivity contribution in [3.63, 3.8) is 0 Å². The van der Waals surface area contributed by atoms with Gasteiger partial charge in [-0.15, -0.1) is 0 Å². The van der Waals surface area contributed by atoms with Crippen molar-refractivity contribution in [2.45, 2.75) is 4.90 Å².